The van der Waals surface area contributed by atoms with Gasteiger partial charge < -0.3 is 11.1 Å². The Kier molecular flexibility index (Phi) is 5.59. The average molecular weight is 391 g/mol. The molecular formula is C19H22FN3O3S. The maximum absolute atomic E-state index is 12.9. The van der Waals surface area contributed by atoms with Crippen molar-refractivity contribution >= 4 is 21.6 Å². The Labute approximate surface area is 158 Å². The van der Waals surface area contributed by atoms with Crippen LogP contribution in [0.5, 0.6) is 0 Å². The lowest BCUT2D eigenvalue weighted by atomic mass is 10.0. The van der Waals surface area contributed by atoms with E-state index in [0.29, 0.717) is 11.3 Å². The minimum absolute atomic E-state index is 0.113. The number of carbonyl (C=O) groups excluding carboxylic acids is 1. The highest BCUT2D eigenvalue weighted by molar-refractivity contribution is 7.89. The van der Waals surface area contributed by atoms with Gasteiger partial charge in [0.15, 0.2) is 0 Å². The summed E-state index contributed by atoms with van der Waals surface area (Å²) in [5, 5.41) is 2.65. The first-order valence-corrected chi connectivity index (χ1v) is 10.2. The summed E-state index contributed by atoms with van der Waals surface area (Å²) in [7, 11) is -3.70. The van der Waals surface area contributed by atoms with Crippen LogP contribution >= 0.6 is 0 Å². The summed E-state index contributed by atoms with van der Waals surface area (Å²) in [6.07, 6.45) is 3.37. The summed E-state index contributed by atoms with van der Waals surface area (Å²) in [4.78, 5) is 12.3. The Hall–Kier alpha value is -2.29. The zero-order valence-electron chi connectivity index (χ0n) is 14.7. The van der Waals surface area contributed by atoms with E-state index in [1.54, 1.807) is 0 Å². The standard InChI is InChI=1S/C19H22FN3O3S/c20-15-5-3-14(4-6-15)18(24)22-16-7-9-17(10-8-16)27(25,26)23-19(13-21)11-1-2-12-19/h3-10,23H,1-2,11-13,21H2,(H,22,24). The van der Waals surface area contributed by atoms with Gasteiger partial charge in [0.05, 0.1) is 4.90 Å². The van der Waals surface area contributed by atoms with Gasteiger partial charge in [-0.1, -0.05) is 12.8 Å². The highest BCUT2D eigenvalue weighted by atomic mass is 32.2. The predicted octanol–water partition coefficient (Wildman–Crippen LogP) is 2.63. The number of sulfonamides is 1. The van der Waals surface area contributed by atoms with Crippen LogP contribution < -0.4 is 15.8 Å². The molecule has 1 amide bonds. The Morgan fingerprint density at radius 2 is 1.63 bits per heavy atom. The van der Waals surface area contributed by atoms with Crippen molar-refractivity contribution in [2.24, 2.45) is 5.73 Å². The molecule has 0 radical (unpaired) electrons. The number of nitrogens with one attached hydrogen (secondary N) is 2. The Morgan fingerprint density at radius 3 is 2.19 bits per heavy atom. The molecule has 27 heavy (non-hydrogen) atoms. The van der Waals surface area contributed by atoms with E-state index in [1.165, 1.54) is 48.5 Å². The van der Waals surface area contributed by atoms with Crippen LogP contribution in [0.25, 0.3) is 0 Å². The van der Waals surface area contributed by atoms with Crippen molar-refractivity contribution in [3.05, 3.63) is 59.9 Å². The van der Waals surface area contributed by atoms with E-state index < -0.39 is 27.3 Å². The number of halogens is 1. The van der Waals surface area contributed by atoms with Crippen molar-refractivity contribution in [3.8, 4) is 0 Å². The van der Waals surface area contributed by atoms with Crippen LogP contribution in [0.4, 0.5) is 10.1 Å². The van der Waals surface area contributed by atoms with Crippen molar-refractivity contribution in [1.29, 1.82) is 0 Å². The maximum Gasteiger partial charge on any atom is 0.255 e. The second kappa shape index (κ2) is 7.75. The van der Waals surface area contributed by atoms with E-state index in [2.05, 4.69) is 10.0 Å². The number of hydrogen-bond acceptors (Lipinski definition) is 4. The summed E-state index contributed by atoms with van der Waals surface area (Å²) < 4.78 is 41.0. The Morgan fingerprint density at radius 1 is 1.04 bits per heavy atom. The quantitative estimate of drug-likeness (QED) is 0.704. The molecule has 6 nitrogen and oxygen atoms in total. The van der Waals surface area contributed by atoms with Crippen molar-refractivity contribution in [1.82, 2.24) is 4.72 Å². The molecule has 8 heteroatoms. The molecule has 1 fully saturated rings. The van der Waals surface area contributed by atoms with Crippen molar-refractivity contribution < 1.29 is 17.6 Å². The molecule has 1 aliphatic rings. The van der Waals surface area contributed by atoms with Crippen LogP contribution in [0.1, 0.15) is 36.0 Å². The fraction of sp³-hybridized carbons (Fsp3) is 0.316. The molecule has 0 heterocycles. The smallest absolute Gasteiger partial charge is 0.255 e. The molecule has 3 rings (SSSR count). The lowest BCUT2D eigenvalue weighted by Gasteiger charge is -2.28. The third kappa shape index (κ3) is 4.52. The van der Waals surface area contributed by atoms with Crippen LogP contribution in [-0.4, -0.2) is 26.4 Å². The Bertz CT molecular complexity index is 906. The van der Waals surface area contributed by atoms with Gasteiger partial charge in [0.25, 0.3) is 5.91 Å². The molecule has 0 spiro atoms. The zero-order valence-corrected chi connectivity index (χ0v) is 15.6. The van der Waals surface area contributed by atoms with E-state index in [0.717, 1.165) is 25.7 Å². The van der Waals surface area contributed by atoms with E-state index in [4.69, 9.17) is 5.73 Å². The van der Waals surface area contributed by atoms with E-state index >= 15 is 0 Å². The number of benzene rings is 2. The molecule has 0 bridgehead atoms. The normalized spacial score (nSPS) is 16.2. The molecule has 0 saturated heterocycles. The van der Waals surface area contributed by atoms with E-state index in [9.17, 15) is 17.6 Å². The topological polar surface area (TPSA) is 101 Å². The van der Waals surface area contributed by atoms with Crippen molar-refractivity contribution in [2.75, 3.05) is 11.9 Å². The molecule has 0 aromatic heterocycles. The number of amides is 1. The molecule has 0 unspecified atom stereocenters. The van der Waals surface area contributed by atoms with Crippen LogP contribution in [-0.2, 0) is 10.0 Å². The van der Waals surface area contributed by atoms with Gasteiger partial charge in [0.1, 0.15) is 5.82 Å². The molecule has 144 valence electrons. The second-order valence-corrected chi connectivity index (χ2v) is 8.46. The summed E-state index contributed by atoms with van der Waals surface area (Å²) in [5.74, 6) is -0.831. The van der Waals surface area contributed by atoms with E-state index in [1.807, 2.05) is 0 Å². The number of carbonyl (C=O) groups is 1. The summed E-state index contributed by atoms with van der Waals surface area (Å²) in [5.41, 5.74) is 5.97. The molecule has 2 aromatic carbocycles. The molecule has 1 saturated carbocycles. The maximum atomic E-state index is 12.9. The van der Waals surface area contributed by atoms with Crippen LogP contribution in [0.15, 0.2) is 53.4 Å². The van der Waals surface area contributed by atoms with Gasteiger partial charge in [0, 0.05) is 23.3 Å². The van der Waals surface area contributed by atoms with Crippen molar-refractivity contribution in [2.45, 2.75) is 36.1 Å². The van der Waals surface area contributed by atoms with E-state index in [-0.39, 0.29) is 11.4 Å². The minimum atomic E-state index is -3.70. The van der Waals surface area contributed by atoms with Gasteiger partial charge in [0.2, 0.25) is 10.0 Å². The second-order valence-electron chi connectivity index (χ2n) is 6.78. The largest absolute Gasteiger partial charge is 0.329 e. The fourth-order valence-corrected chi connectivity index (χ4v) is 4.74. The molecule has 1 aliphatic carbocycles. The number of rotatable bonds is 6. The van der Waals surface area contributed by atoms with Crippen LogP contribution in [0.2, 0.25) is 0 Å². The zero-order chi connectivity index (χ0) is 19.5. The van der Waals surface area contributed by atoms with Gasteiger partial charge in [-0.25, -0.2) is 17.5 Å². The lowest BCUT2D eigenvalue weighted by Crippen LogP contribution is -2.51. The third-order valence-corrected chi connectivity index (χ3v) is 6.43. The highest BCUT2D eigenvalue weighted by Crippen LogP contribution is 2.30. The number of anilines is 1. The van der Waals surface area contributed by atoms with Crippen LogP contribution in [0.3, 0.4) is 0 Å². The Balaban J connectivity index is 1.70. The third-order valence-electron chi connectivity index (χ3n) is 4.83. The SMILES string of the molecule is NCC1(NS(=O)(=O)c2ccc(NC(=O)c3ccc(F)cc3)cc2)CCCC1. The lowest BCUT2D eigenvalue weighted by molar-refractivity contribution is 0.102. The van der Waals surface area contributed by atoms with Gasteiger partial charge in [-0.15, -0.1) is 0 Å². The van der Waals surface area contributed by atoms with Crippen molar-refractivity contribution in [3.63, 3.8) is 0 Å². The monoisotopic (exact) mass is 391 g/mol. The van der Waals surface area contributed by atoms with Crippen LogP contribution in [0, 0.1) is 5.82 Å². The molecular weight excluding hydrogens is 369 g/mol. The first-order chi connectivity index (χ1) is 12.8. The van der Waals surface area contributed by atoms with Gasteiger partial charge >= 0.3 is 0 Å². The van der Waals surface area contributed by atoms with Gasteiger partial charge in [-0.3, -0.25) is 4.79 Å². The number of hydrogen-bond donors (Lipinski definition) is 3. The first kappa shape index (κ1) is 19.5. The fourth-order valence-electron chi connectivity index (χ4n) is 3.27. The average Bonchev–Trinajstić information content (AvgIpc) is 3.11. The first-order valence-electron chi connectivity index (χ1n) is 8.75. The van der Waals surface area contributed by atoms with Gasteiger partial charge in [-0.2, -0.15) is 0 Å². The highest BCUT2D eigenvalue weighted by Gasteiger charge is 2.36. The minimum Gasteiger partial charge on any atom is -0.329 e. The molecule has 4 N–H and O–H groups in total. The number of nitrogens with two attached hydrogens (primary N) is 1. The van der Waals surface area contributed by atoms with Gasteiger partial charge in [-0.05, 0) is 61.4 Å². The summed E-state index contributed by atoms with van der Waals surface area (Å²) in [6, 6.07) is 11.0. The molecule has 0 atom stereocenters. The summed E-state index contributed by atoms with van der Waals surface area (Å²) in [6.45, 7) is 0.262. The molecule has 0 aliphatic heterocycles. The summed E-state index contributed by atoms with van der Waals surface area (Å²) >= 11 is 0. The predicted molar refractivity (Wildman–Crippen MR) is 101 cm³/mol. The molecule has 2 aromatic rings.